The van der Waals surface area contributed by atoms with Crippen molar-refractivity contribution in [3.8, 4) is 11.3 Å². The van der Waals surface area contributed by atoms with Crippen LogP contribution in [0.25, 0.3) is 22.2 Å². The lowest BCUT2D eigenvalue weighted by molar-refractivity contribution is -0.148. The van der Waals surface area contributed by atoms with Crippen LogP contribution in [0.3, 0.4) is 0 Å². The van der Waals surface area contributed by atoms with E-state index in [0.29, 0.717) is 67.2 Å². The highest BCUT2D eigenvalue weighted by Crippen LogP contribution is 2.46. The van der Waals surface area contributed by atoms with Crippen LogP contribution >= 0.6 is 0 Å². The monoisotopic (exact) mass is 471 g/mol. The zero-order chi connectivity index (χ0) is 23.9. The number of aromatic nitrogens is 1. The lowest BCUT2D eigenvalue weighted by Crippen LogP contribution is -2.37. The van der Waals surface area contributed by atoms with Crippen LogP contribution in [0.1, 0.15) is 41.4 Å². The van der Waals surface area contributed by atoms with Gasteiger partial charge in [0.2, 0.25) is 0 Å². The smallest absolute Gasteiger partial charge is 0.309 e. The maximum atomic E-state index is 13.6. The number of piperidine rings is 1. The maximum Gasteiger partial charge on any atom is 0.309 e. The van der Waals surface area contributed by atoms with Crippen LogP contribution in [0.15, 0.2) is 57.7 Å². The molecule has 3 heterocycles. The summed E-state index contributed by atoms with van der Waals surface area (Å²) in [6.07, 6.45) is 3.02. The molecular weight excluding hydrogens is 446 g/mol. The lowest BCUT2D eigenvalue weighted by Gasteiger charge is -2.33. The average molecular weight is 472 g/mol. The summed E-state index contributed by atoms with van der Waals surface area (Å²) in [5, 5.41) is 8.56. The van der Waals surface area contributed by atoms with Crippen molar-refractivity contribution < 1.29 is 23.3 Å². The van der Waals surface area contributed by atoms with Crippen LogP contribution in [0.4, 0.5) is 11.4 Å². The molecule has 0 saturated carbocycles. The molecule has 8 nitrogen and oxygen atoms in total. The third-order valence-electron chi connectivity index (χ3n) is 6.87. The fourth-order valence-electron chi connectivity index (χ4n) is 5.13. The van der Waals surface area contributed by atoms with E-state index >= 15 is 0 Å². The minimum absolute atomic E-state index is 0.0594. The molecule has 0 atom stereocenters. The summed E-state index contributed by atoms with van der Waals surface area (Å²) in [7, 11) is 0. The van der Waals surface area contributed by atoms with Gasteiger partial charge in [-0.1, -0.05) is 29.4 Å². The van der Waals surface area contributed by atoms with Gasteiger partial charge in [-0.25, -0.2) is 0 Å². The van der Waals surface area contributed by atoms with E-state index in [9.17, 15) is 9.59 Å². The van der Waals surface area contributed by atoms with Crippen LogP contribution in [-0.4, -0.2) is 36.6 Å². The summed E-state index contributed by atoms with van der Waals surface area (Å²) >= 11 is 0. The highest BCUT2D eigenvalue weighted by atomic mass is 16.5. The molecule has 35 heavy (non-hydrogen) atoms. The Hall–Kier alpha value is -4.07. The number of ketones is 1. The van der Waals surface area contributed by atoms with Gasteiger partial charge >= 0.3 is 5.97 Å². The molecule has 8 heteroatoms. The van der Waals surface area contributed by atoms with E-state index in [1.807, 2.05) is 49.4 Å². The summed E-state index contributed by atoms with van der Waals surface area (Å²) in [6, 6.07) is 13.2. The Morgan fingerprint density at radius 3 is 2.71 bits per heavy atom. The Balaban J connectivity index is 1.43. The quantitative estimate of drug-likeness (QED) is 0.345. The number of fused-ring (bicyclic) bond motifs is 2. The third kappa shape index (κ3) is 3.56. The molecule has 178 valence electrons. The molecule has 1 aliphatic carbocycles. The molecule has 2 aromatic heterocycles. The van der Waals surface area contributed by atoms with Gasteiger partial charge in [0, 0.05) is 29.9 Å². The van der Waals surface area contributed by atoms with E-state index in [1.165, 1.54) is 0 Å². The topological polar surface area (TPSA) is 97.8 Å². The Kier molecular flexibility index (Phi) is 5.28. The van der Waals surface area contributed by atoms with Crippen LogP contribution in [0.5, 0.6) is 0 Å². The number of esters is 1. The molecule has 0 spiro atoms. The number of ether oxygens (including phenoxy) is 1. The molecule has 2 aliphatic rings. The van der Waals surface area contributed by atoms with Crippen molar-refractivity contribution in [2.24, 2.45) is 5.92 Å². The summed E-state index contributed by atoms with van der Waals surface area (Å²) < 4.78 is 16.6. The van der Waals surface area contributed by atoms with Crippen molar-refractivity contribution in [1.82, 2.24) is 5.16 Å². The van der Waals surface area contributed by atoms with Crippen molar-refractivity contribution >= 4 is 34.0 Å². The number of furan rings is 1. The molecular formula is C27H25N3O5. The Bertz CT molecular complexity index is 1410. The number of nitrogens with zero attached hydrogens (tertiary/aromatic N) is 2. The Labute approximate surface area is 201 Å². The summed E-state index contributed by atoms with van der Waals surface area (Å²) in [6.45, 7) is 4.02. The van der Waals surface area contributed by atoms with Gasteiger partial charge in [0.1, 0.15) is 11.3 Å². The molecule has 0 amide bonds. The fraction of sp³-hybridized carbons (Fsp3) is 0.296. The number of rotatable bonds is 6. The minimum atomic E-state index is -0.131. The molecule has 4 aromatic rings. The van der Waals surface area contributed by atoms with Crippen molar-refractivity contribution in [3.05, 3.63) is 65.6 Å². The standard InChI is InChI=1S/C27H25N3O5/c1-2-33-27(32)16-9-11-30(12-10-16)21-14-20(28-15-17-6-5-13-34-17)22-23-24(21)29-35-26(23)19-8-4-3-7-18(19)25(22)31/h3-8,13-14,16,28H,2,9-12,15H2,1H3. The van der Waals surface area contributed by atoms with Crippen molar-refractivity contribution in [3.63, 3.8) is 0 Å². The number of carbonyl (C=O) groups excluding carboxylic acids is 2. The highest BCUT2D eigenvalue weighted by molar-refractivity contribution is 6.28. The van der Waals surface area contributed by atoms with Crippen LogP contribution < -0.4 is 10.2 Å². The number of carbonyl (C=O) groups is 2. The first-order chi connectivity index (χ1) is 17.2. The molecule has 6 rings (SSSR count). The van der Waals surface area contributed by atoms with Crippen LogP contribution in [-0.2, 0) is 16.1 Å². The maximum absolute atomic E-state index is 13.6. The van der Waals surface area contributed by atoms with E-state index in [4.69, 9.17) is 13.7 Å². The summed E-state index contributed by atoms with van der Waals surface area (Å²) in [4.78, 5) is 28.1. The predicted molar refractivity (Wildman–Crippen MR) is 130 cm³/mol. The fourth-order valence-corrected chi connectivity index (χ4v) is 5.13. The van der Waals surface area contributed by atoms with Crippen LogP contribution in [0, 0.1) is 5.92 Å². The molecule has 1 N–H and O–H groups in total. The first kappa shape index (κ1) is 21.5. The van der Waals surface area contributed by atoms with Gasteiger partial charge in [-0.15, -0.1) is 0 Å². The van der Waals surface area contributed by atoms with Gasteiger partial charge in [-0.2, -0.15) is 0 Å². The zero-order valence-corrected chi connectivity index (χ0v) is 19.4. The van der Waals surface area contributed by atoms with Gasteiger partial charge in [0.25, 0.3) is 0 Å². The van der Waals surface area contributed by atoms with Crippen molar-refractivity contribution in [2.75, 3.05) is 29.9 Å². The summed E-state index contributed by atoms with van der Waals surface area (Å²) in [5.41, 5.74) is 4.17. The van der Waals surface area contributed by atoms with E-state index in [0.717, 1.165) is 22.4 Å². The normalized spacial score (nSPS) is 15.3. The first-order valence-electron chi connectivity index (χ1n) is 11.9. The van der Waals surface area contributed by atoms with Gasteiger partial charge in [0.05, 0.1) is 42.0 Å². The highest BCUT2D eigenvalue weighted by Gasteiger charge is 2.35. The predicted octanol–water partition coefficient (Wildman–Crippen LogP) is 5.02. The third-order valence-corrected chi connectivity index (χ3v) is 6.87. The molecule has 0 bridgehead atoms. The van der Waals surface area contributed by atoms with E-state index in [1.54, 1.807) is 6.26 Å². The van der Waals surface area contributed by atoms with E-state index in [2.05, 4.69) is 15.4 Å². The number of nitrogens with one attached hydrogen (secondary N) is 1. The SMILES string of the molecule is CCOC(=O)C1CCN(c2cc(NCc3ccco3)c3c4c(onc24)-c2ccccc2C3=O)CC1. The number of hydrogen-bond donors (Lipinski definition) is 1. The van der Waals surface area contributed by atoms with Crippen molar-refractivity contribution in [2.45, 2.75) is 26.3 Å². The zero-order valence-electron chi connectivity index (χ0n) is 19.4. The Morgan fingerprint density at radius 2 is 1.97 bits per heavy atom. The molecule has 1 fully saturated rings. The van der Waals surface area contributed by atoms with Gasteiger partial charge in [-0.05, 0) is 38.0 Å². The van der Waals surface area contributed by atoms with Gasteiger partial charge < -0.3 is 23.9 Å². The lowest BCUT2D eigenvalue weighted by atomic mass is 9.86. The minimum Gasteiger partial charge on any atom is -0.467 e. The second-order valence-corrected chi connectivity index (χ2v) is 8.87. The second kappa shape index (κ2) is 8.61. The van der Waals surface area contributed by atoms with Gasteiger partial charge in [-0.3, -0.25) is 9.59 Å². The molecule has 1 aliphatic heterocycles. The Morgan fingerprint density at radius 1 is 1.17 bits per heavy atom. The number of hydrogen-bond acceptors (Lipinski definition) is 8. The summed E-state index contributed by atoms with van der Waals surface area (Å²) in [5.74, 6) is 1.08. The molecule has 0 radical (unpaired) electrons. The van der Waals surface area contributed by atoms with Crippen LogP contribution in [0.2, 0.25) is 0 Å². The number of benzene rings is 2. The first-order valence-corrected chi connectivity index (χ1v) is 11.9. The molecule has 0 unspecified atom stereocenters. The molecule has 1 saturated heterocycles. The van der Waals surface area contributed by atoms with Gasteiger partial charge in [0.15, 0.2) is 11.5 Å². The van der Waals surface area contributed by atoms with Crippen molar-refractivity contribution in [1.29, 1.82) is 0 Å². The largest absolute Gasteiger partial charge is 0.467 e. The molecule has 2 aromatic carbocycles. The second-order valence-electron chi connectivity index (χ2n) is 8.87. The average Bonchev–Trinajstić information content (AvgIpc) is 3.57. The van der Waals surface area contributed by atoms with E-state index < -0.39 is 0 Å². The number of anilines is 2. The van der Waals surface area contributed by atoms with E-state index in [-0.39, 0.29) is 17.7 Å².